The van der Waals surface area contributed by atoms with Crippen LogP contribution >= 0.6 is 0 Å². The summed E-state index contributed by atoms with van der Waals surface area (Å²) in [6.45, 7) is 1.49. The quantitative estimate of drug-likeness (QED) is 0.637. The molecular weight excluding hydrogens is 364 g/mol. The van der Waals surface area contributed by atoms with Crippen LogP contribution in [0, 0.1) is 0 Å². The van der Waals surface area contributed by atoms with Crippen molar-refractivity contribution in [3.63, 3.8) is 0 Å². The second kappa shape index (κ2) is 7.78. The molecule has 3 rings (SSSR count). The van der Waals surface area contributed by atoms with E-state index < -0.39 is 24.1 Å². The molecule has 1 heterocycles. The zero-order valence-electron chi connectivity index (χ0n) is 14.9. The summed E-state index contributed by atoms with van der Waals surface area (Å²) in [6.07, 6.45) is -1.52. The molecule has 4 amide bonds. The van der Waals surface area contributed by atoms with Gasteiger partial charge in [-0.2, -0.15) is 0 Å². The van der Waals surface area contributed by atoms with Gasteiger partial charge in [0.25, 0.3) is 5.91 Å². The van der Waals surface area contributed by atoms with Crippen molar-refractivity contribution in [3.05, 3.63) is 59.7 Å². The molecule has 0 aromatic heterocycles. The van der Waals surface area contributed by atoms with Crippen LogP contribution in [-0.4, -0.2) is 35.1 Å². The number of hydrogen-bond donors (Lipinski definition) is 4. The standard InChI is InChI=1S/C19H18N4O5/c1-11(24)21-13-6-4-5-12(9-13)10-20-19(28)23-15-8-3-2-7-14(15)17(25)22-16(23)18(26)27/h2-9,16H,10H2,1H3,(H,20,28)(H,21,24)(H,22,25)(H,26,27). The van der Waals surface area contributed by atoms with Gasteiger partial charge in [0.15, 0.2) is 0 Å². The van der Waals surface area contributed by atoms with Crippen molar-refractivity contribution in [1.82, 2.24) is 10.6 Å². The van der Waals surface area contributed by atoms with Crippen molar-refractivity contribution in [3.8, 4) is 0 Å². The molecule has 0 bridgehead atoms. The van der Waals surface area contributed by atoms with Crippen LogP contribution in [0.3, 0.4) is 0 Å². The smallest absolute Gasteiger partial charge is 0.347 e. The summed E-state index contributed by atoms with van der Waals surface area (Å²) in [6, 6.07) is 12.5. The minimum absolute atomic E-state index is 0.102. The van der Waals surface area contributed by atoms with Crippen LogP contribution in [-0.2, 0) is 16.1 Å². The van der Waals surface area contributed by atoms with E-state index in [9.17, 15) is 24.3 Å². The van der Waals surface area contributed by atoms with Crippen LogP contribution < -0.4 is 20.9 Å². The molecule has 9 heteroatoms. The maximum atomic E-state index is 12.7. The summed E-state index contributed by atoms with van der Waals surface area (Å²) in [4.78, 5) is 48.6. The Kier molecular flexibility index (Phi) is 5.25. The number of benzene rings is 2. The van der Waals surface area contributed by atoms with E-state index in [1.165, 1.54) is 19.1 Å². The van der Waals surface area contributed by atoms with Gasteiger partial charge < -0.3 is 21.1 Å². The molecule has 28 heavy (non-hydrogen) atoms. The Balaban J connectivity index is 1.80. The van der Waals surface area contributed by atoms with Crippen LogP contribution in [0.5, 0.6) is 0 Å². The van der Waals surface area contributed by atoms with Gasteiger partial charge in [-0.15, -0.1) is 0 Å². The van der Waals surface area contributed by atoms with E-state index in [0.29, 0.717) is 11.3 Å². The van der Waals surface area contributed by atoms with Crippen molar-refractivity contribution < 1.29 is 24.3 Å². The summed E-state index contributed by atoms with van der Waals surface area (Å²) in [5, 5.41) is 17.0. The van der Waals surface area contributed by atoms with Gasteiger partial charge in [-0.3, -0.25) is 14.5 Å². The number of fused-ring (bicyclic) bond motifs is 1. The summed E-state index contributed by atoms with van der Waals surface area (Å²) in [5.41, 5.74) is 1.71. The van der Waals surface area contributed by atoms with Gasteiger partial charge in [0.1, 0.15) is 0 Å². The van der Waals surface area contributed by atoms with Gasteiger partial charge in [0.05, 0.1) is 11.3 Å². The molecule has 4 N–H and O–H groups in total. The van der Waals surface area contributed by atoms with Crippen LogP contribution in [0.2, 0.25) is 0 Å². The van der Waals surface area contributed by atoms with Crippen molar-refractivity contribution in [2.45, 2.75) is 19.6 Å². The first kappa shape index (κ1) is 18.9. The highest BCUT2D eigenvalue weighted by Gasteiger charge is 2.38. The molecule has 0 saturated heterocycles. The molecule has 0 radical (unpaired) electrons. The Morgan fingerprint density at radius 3 is 2.61 bits per heavy atom. The second-order valence-electron chi connectivity index (χ2n) is 6.14. The highest BCUT2D eigenvalue weighted by atomic mass is 16.4. The number of anilines is 2. The Labute approximate surface area is 160 Å². The molecular formula is C19H18N4O5. The van der Waals surface area contributed by atoms with E-state index in [1.54, 1.807) is 36.4 Å². The largest absolute Gasteiger partial charge is 0.478 e. The van der Waals surface area contributed by atoms with Crippen LogP contribution in [0.4, 0.5) is 16.2 Å². The number of nitrogens with one attached hydrogen (secondary N) is 3. The molecule has 0 aliphatic carbocycles. The predicted molar refractivity (Wildman–Crippen MR) is 101 cm³/mol. The third-order valence-corrected chi connectivity index (χ3v) is 4.08. The third kappa shape index (κ3) is 3.93. The number of aliphatic carboxylic acids is 1. The lowest BCUT2D eigenvalue weighted by atomic mass is 10.1. The van der Waals surface area contributed by atoms with E-state index in [-0.39, 0.29) is 23.7 Å². The minimum Gasteiger partial charge on any atom is -0.478 e. The molecule has 144 valence electrons. The molecule has 2 aromatic rings. The first-order valence-electron chi connectivity index (χ1n) is 8.43. The molecule has 0 spiro atoms. The number of nitrogens with zero attached hydrogens (tertiary/aromatic N) is 1. The number of urea groups is 1. The van der Waals surface area contributed by atoms with Crippen LogP contribution in [0.15, 0.2) is 48.5 Å². The number of carboxylic acids is 1. The molecule has 1 atom stereocenters. The molecule has 9 nitrogen and oxygen atoms in total. The van der Waals surface area contributed by atoms with Crippen molar-refractivity contribution in [1.29, 1.82) is 0 Å². The lowest BCUT2D eigenvalue weighted by molar-refractivity contribution is -0.139. The summed E-state index contributed by atoms with van der Waals surface area (Å²) >= 11 is 0. The number of amides is 4. The number of rotatable bonds is 4. The lowest BCUT2D eigenvalue weighted by Crippen LogP contribution is -2.61. The lowest BCUT2D eigenvalue weighted by Gasteiger charge is -2.34. The Morgan fingerprint density at radius 2 is 1.89 bits per heavy atom. The monoisotopic (exact) mass is 382 g/mol. The Hall–Kier alpha value is -3.88. The Morgan fingerprint density at radius 1 is 1.14 bits per heavy atom. The molecule has 2 aromatic carbocycles. The zero-order valence-corrected chi connectivity index (χ0v) is 14.9. The first-order valence-corrected chi connectivity index (χ1v) is 8.43. The van der Waals surface area contributed by atoms with Gasteiger partial charge in [-0.25, -0.2) is 9.59 Å². The number of hydrogen-bond acceptors (Lipinski definition) is 4. The molecule has 1 aliphatic rings. The predicted octanol–water partition coefficient (Wildman–Crippen LogP) is 1.52. The fraction of sp³-hybridized carbons (Fsp3) is 0.158. The van der Waals surface area contributed by atoms with Crippen molar-refractivity contribution >= 4 is 35.2 Å². The van der Waals surface area contributed by atoms with Crippen LogP contribution in [0.25, 0.3) is 0 Å². The fourth-order valence-corrected chi connectivity index (χ4v) is 2.91. The number of para-hydroxylation sites is 1. The van der Waals surface area contributed by atoms with Gasteiger partial charge in [-0.05, 0) is 29.8 Å². The number of carbonyl (C=O) groups excluding carboxylic acids is 3. The molecule has 0 saturated carbocycles. The molecule has 1 unspecified atom stereocenters. The third-order valence-electron chi connectivity index (χ3n) is 4.08. The highest BCUT2D eigenvalue weighted by molar-refractivity contribution is 6.11. The maximum absolute atomic E-state index is 12.7. The Bertz CT molecular complexity index is 959. The number of carboxylic acid groups (broad SMARTS) is 1. The van der Waals surface area contributed by atoms with E-state index in [4.69, 9.17) is 0 Å². The van der Waals surface area contributed by atoms with Gasteiger partial charge in [-0.1, -0.05) is 24.3 Å². The first-order chi connectivity index (χ1) is 13.4. The highest BCUT2D eigenvalue weighted by Crippen LogP contribution is 2.26. The van der Waals surface area contributed by atoms with Gasteiger partial charge >= 0.3 is 12.0 Å². The van der Waals surface area contributed by atoms with Crippen molar-refractivity contribution in [2.75, 3.05) is 10.2 Å². The van der Waals surface area contributed by atoms with Crippen LogP contribution in [0.1, 0.15) is 22.8 Å². The second-order valence-corrected chi connectivity index (χ2v) is 6.14. The number of carbonyl (C=O) groups is 4. The normalized spacial score (nSPS) is 15.2. The SMILES string of the molecule is CC(=O)Nc1cccc(CNC(=O)N2c3ccccc3C(=O)NC2C(=O)O)c1. The maximum Gasteiger partial charge on any atom is 0.347 e. The topological polar surface area (TPSA) is 128 Å². The average molecular weight is 382 g/mol. The average Bonchev–Trinajstić information content (AvgIpc) is 2.66. The zero-order chi connectivity index (χ0) is 20.3. The van der Waals surface area contributed by atoms with E-state index in [0.717, 1.165) is 4.90 Å². The van der Waals surface area contributed by atoms with Crippen molar-refractivity contribution in [2.24, 2.45) is 0 Å². The van der Waals surface area contributed by atoms with E-state index >= 15 is 0 Å². The molecule has 0 fully saturated rings. The summed E-state index contributed by atoms with van der Waals surface area (Å²) in [7, 11) is 0. The minimum atomic E-state index is -1.52. The summed E-state index contributed by atoms with van der Waals surface area (Å²) in [5.74, 6) is -2.13. The fourth-order valence-electron chi connectivity index (χ4n) is 2.91. The van der Waals surface area contributed by atoms with Gasteiger partial charge in [0, 0.05) is 19.2 Å². The van der Waals surface area contributed by atoms with E-state index in [1.807, 2.05) is 0 Å². The summed E-state index contributed by atoms with van der Waals surface area (Å²) < 4.78 is 0. The molecule has 1 aliphatic heterocycles. The van der Waals surface area contributed by atoms with Gasteiger partial charge in [0.2, 0.25) is 12.1 Å². The van der Waals surface area contributed by atoms with E-state index in [2.05, 4.69) is 16.0 Å².